The van der Waals surface area contributed by atoms with Crippen molar-refractivity contribution in [2.45, 2.75) is 38.8 Å². The van der Waals surface area contributed by atoms with Crippen molar-refractivity contribution in [3.63, 3.8) is 0 Å². The molecule has 0 spiro atoms. The van der Waals surface area contributed by atoms with Crippen LogP contribution < -0.4 is 5.32 Å². The maximum Gasteiger partial charge on any atom is 0.329 e. The van der Waals surface area contributed by atoms with Crippen molar-refractivity contribution in [3.8, 4) is 0 Å². The second-order valence-electron chi connectivity index (χ2n) is 5.31. The van der Waals surface area contributed by atoms with Crippen molar-refractivity contribution >= 4 is 12.0 Å². The van der Waals surface area contributed by atoms with Gasteiger partial charge >= 0.3 is 12.0 Å². The quantitative estimate of drug-likeness (QED) is 0.835. The highest BCUT2D eigenvalue weighted by Gasteiger charge is 2.49. The standard InChI is InChI=1S/C14H20N2O4/c1-3-16(9-11-5-4-8-20-11)13(19)15-14(2,12(17)18)10-6-7-10/h4-5,8,10H,3,6-7,9H2,1-2H3,(H,15,19)(H,17,18). The molecule has 1 aromatic rings. The number of nitrogens with one attached hydrogen (secondary N) is 1. The summed E-state index contributed by atoms with van der Waals surface area (Å²) >= 11 is 0. The molecule has 1 aliphatic carbocycles. The second-order valence-corrected chi connectivity index (χ2v) is 5.31. The van der Waals surface area contributed by atoms with Crippen LogP contribution in [0, 0.1) is 5.92 Å². The lowest BCUT2D eigenvalue weighted by molar-refractivity contribution is -0.144. The average Bonchev–Trinajstić information content (AvgIpc) is 3.14. The van der Waals surface area contributed by atoms with Crippen LogP contribution in [-0.2, 0) is 11.3 Å². The van der Waals surface area contributed by atoms with E-state index in [1.54, 1.807) is 25.3 Å². The highest BCUT2D eigenvalue weighted by Crippen LogP contribution is 2.39. The number of carboxylic acids is 1. The summed E-state index contributed by atoms with van der Waals surface area (Å²) in [5.41, 5.74) is -1.19. The van der Waals surface area contributed by atoms with Crippen LogP contribution in [0.25, 0.3) is 0 Å². The minimum Gasteiger partial charge on any atom is -0.480 e. The molecule has 0 radical (unpaired) electrons. The predicted molar refractivity (Wildman–Crippen MR) is 72.1 cm³/mol. The Morgan fingerprint density at radius 1 is 1.55 bits per heavy atom. The molecule has 20 heavy (non-hydrogen) atoms. The molecule has 1 saturated carbocycles. The van der Waals surface area contributed by atoms with E-state index in [-0.39, 0.29) is 11.9 Å². The number of rotatable bonds is 6. The van der Waals surface area contributed by atoms with E-state index in [9.17, 15) is 14.7 Å². The molecule has 6 nitrogen and oxygen atoms in total. The van der Waals surface area contributed by atoms with E-state index in [1.807, 2.05) is 6.92 Å². The van der Waals surface area contributed by atoms with Gasteiger partial charge in [-0.2, -0.15) is 0 Å². The molecule has 110 valence electrons. The van der Waals surface area contributed by atoms with Crippen LogP contribution in [0.4, 0.5) is 4.79 Å². The molecule has 2 rings (SSSR count). The van der Waals surface area contributed by atoms with Gasteiger partial charge in [0.15, 0.2) is 0 Å². The Labute approximate surface area is 117 Å². The number of carbonyl (C=O) groups is 2. The largest absolute Gasteiger partial charge is 0.480 e. The van der Waals surface area contributed by atoms with Gasteiger partial charge in [-0.15, -0.1) is 0 Å². The lowest BCUT2D eigenvalue weighted by Gasteiger charge is -2.30. The number of nitrogens with zero attached hydrogens (tertiary/aromatic N) is 1. The van der Waals surface area contributed by atoms with Crippen LogP contribution in [0.3, 0.4) is 0 Å². The summed E-state index contributed by atoms with van der Waals surface area (Å²) in [6.45, 7) is 4.23. The molecular weight excluding hydrogens is 260 g/mol. The maximum atomic E-state index is 12.3. The number of hydrogen-bond acceptors (Lipinski definition) is 3. The summed E-state index contributed by atoms with van der Waals surface area (Å²) < 4.78 is 5.22. The van der Waals surface area contributed by atoms with Gasteiger partial charge < -0.3 is 19.7 Å². The van der Waals surface area contributed by atoms with E-state index in [2.05, 4.69) is 5.32 Å². The number of furan rings is 1. The highest BCUT2D eigenvalue weighted by molar-refractivity contribution is 5.86. The van der Waals surface area contributed by atoms with Crippen molar-refractivity contribution < 1.29 is 19.1 Å². The van der Waals surface area contributed by atoms with Crippen molar-refractivity contribution in [3.05, 3.63) is 24.2 Å². The molecule has 1 aromatic heterocycles. The predicted octanol–water partition coefficient (Wildman–Crippen LogP) is 2.06. The average molecular weight is 280 g/mol. The Balaban J connectivity index is 2.03. The zero-order valence-corrected chi connectivity index (χ0v) is 11.8. The molecule has 0 saturated heterocycles. The summed E-state index contributed by atoms with van der Waals surface area (Å²) in [5.74, 6) is -0.292. The first-order chi connectivity index (χ1) is 9.47. The summed E-state index contributed by atoms with van der Waals surface area (Å²) in [4.78, 5) is 25.2. The van der Waals surface area contributed by atoms with Crippen LogP contribution in [0.15, 0.2) is 22.8 Å². The summed E-state index contributed by atoms with van der Waals surface area (Å²) in [6.07, 6.45) is 3.23. The molecule has 1 fully saturated rings. The van der Waals surface area contributed by atoms with Crippen molar-refractivity contribution in [1.82, 2.24) is 10.2 Å². The van der Waals surface area contributed by atoms with Gasteiger partial charge in [0, 0.05) is 6.54 Å². The molecule has 0 bridgehead atoms. The van der Waals surface area contributed by atoms with Crippen LogP contribution in [-0.4, -0.2) is 34.1 Å². The molecule has 2 N–H and O–H groups in total. The zero-order chi connectivity index (χ0) is 14.8. The van der Waals surface area contributed by atoms with Gasteiger partial charge in [0.2, 0.25) is 0 Å². The fourth-order valence-corrected chi connectivity index (χ4v) is 2.21. The first kappa shape index (κ1) is 14.4. The first-order valence-electron chi connectivity index (χ1n) is 6.80. The third-order valence-corrected chi connectivity index (χ3v) is 3.80. The molecule has 0 aromatic carbocycles. The fourth-order valence-electron chi connectivity index (χ4n) is 2.21. The van der Waals surface area contributed by atoms with Gasteiger partial charge in [0.25, 0.3) is 0 Å². The van der Waals surface area contributed by atoms with E-state index in [0.29, 0.717) is 18.8 Å². The minimum absolute atomic E-state index is 0.0197. The van der Waals surface area contributed by atoms with Gasteiger partial charge in [-0.3, -0.25) is 0 Å². The fraction of sp³-hybridized carbons (Fsp3) is 0.571. The third kappa shape index (κ3) is 2.95. The molecule has 0 aliphatic heterocycles. The molecular formula is C14H20N2O4. The normalized spacial score (nSPS) is 17.3. The van der Waals surface area contributed by atoms with Gasteiger partial charge in [0.1, 0.15) is 11.3 Å². The van der Waals surface area contributed by atoms with Crippen molar-refractivity contribution in [2.24, 2.45) is 5.92 Å². The SMILES string of the molecule is CCN(Cc1ccco1)C(=O)NC(C)(C(=O)O)C1CC1. The van der Waals surface area contributed by atoms with Crippen LogP contribution in [0.2, 0.25) is 0 Å². The van der Waals surface area contributed by atoms with Crippen molar-refractivity contribution in [1.29, 1.82) is 0 Å². The summed E-state index contributed by atoms with van der Waals surface area (Å²) in [6, 6.07) is 3.17. The smallest absolute Gasteiger partial charge is 0.329 e. The number of aliphatic carboxylic acids is 1. The number of carbonyl (C=O) groups excluding carboxylic acids is 1. The lowest BCUT2D eigenvalue weighted by Crippen LogP contribution is -2.57. The summed E-state index contributed by atoms with van der Waals surface area (Å²) in [5, 5.41) is 12.0. The molecule has 1 atom stereocenters. The number of hydrogen-bond donors (Lipinski definition) is 2. The van der Waals surface area contributed by atoms with Gasteiger partial charge in [0.05, 0.1) is 12.8 Å². The second kappa shape index (κ2) is 5.56. The van der Waals surface area contributed by atoms with E-state index in [1.165, 1.54) is 4.90 Å². The Morgan fingerprint density at radius 3 is 2.70 bits per heavy atom. The van der Waals surface area contributed by atoms with E-state index in [4.69, 9.17) is 4.42 Å². The minimum atomic E-state index is -1.19. The zero-order valence-electron chi connectivity index (χ0n) is 11.8. The number of urea groups is 1. The topological polar surface area (TPSA) is 82.8 Å². The van der Waals surface area contributed by atoms with Gasteiger partial charge in [-0.05, 0) is 44.7 Å². The van der Waals surface area contributed by atoms with Crippen LogP contribution in [0.1, 0.15) is 32.4 Å². The highest BCUT2D eigenvalue weighted by atomic mass is 16.4. The van der Waals surface area contributed by atoms with Gasteiger partial charge in [-0.25, -0.2) is 9.59 Å². The molecule has 2 amide bonds. The molecule has 1 unspecified atom stereocenters. The first-order valence-corrected chi connectivity index (χ1v) is 6.80. The Hall–Kier alpha value is -1.98. The monoisotopic (exact) mass is 280 g/mol. The Kier molecular flexibility index (Phi) is 4.01. The van der Waals surface area contributed by atoms with Crippen LogP contribution in [0.5, 0.6) is 0 Å². The third-order valence-electron chi connectivity index (χ3n) is 3.80. The van der Waals surface area contributed by atoms with E-state index < -0.39 is 11.5 Å². The van der Waals surface area contributed by atoms with E-state index in [0.717, 1.165) is 12.8 Å². The maximum absolute atomic E-state index is 12.3. The molecule has 1 aliphatic rings. The number of carboxylic acid groups (broad SMARTS) is 1. The van der Waals surface area contributed by atoms with Crippen molar-refractivity contribution in [2.75, 3.05) is 6.54 Å². The summed E-state index contributed by atoms with van der Waals surface area (Å²) in [7, 11) is 0. The molecule has 1 heterocycles. The van der Waals surface area contributed by atoms with Crippen LogP contribution >= 0.6 is 0 Å². The Bertz CT molecular complexity index is 481. The van der Waals surface area contributed by atoms with Gasteiger partial charge in [-0.1, -0.05) is 0 Å². The molecule has 6 heteroatoms. The Morgan fingerprint density at radius 2 is 2.25 bits per heavy atom. The number of amides is 2. The lowest BCUT2D eigenvalue weighted by atomic mass is 9.96. The van der Waals surface area contributed by atoms with E-state index >= 15 is 0 Å².